The summed E-state index contributed by atoms with van der Waals surface area (Å²) in [4.78, 5) is 20.5. The predicted molar refractivity (Wildman–Crippen MR) is 79.5 cm³/mol. The van der Waals surface area contributed by atoms with Crippen LogP contribution in [0.2, 0.25) is 0 Å². The lowest BCUT2D eigenvalue weighted by molar-refractivity contribution is 0.0957. The summed E-state index contributed by atoms with van der Waals surface area (Å²) in [5, 5.41) is 0. The summed E-state index contributed by atoms with van der Waals surface area (Å²) in [5.41, 5.74) is 0.489. The summed E-state index contributed by atoms with van der Waals surface area (Å²) >= 11 is 0. The average Bonchev–Trinajstić information content (AvgIpc) is 3.01. The van der Waals surface area contributed by atoms with E-state index in [1.54, 1.807) is 30.7 Å². The molecule has 0 saturated heterocycles. The van der Waals surface area contributed by atoms with Gasteiger partial charge in [0, 0.05) is 24.9 Å². The lowest BCUT2D eigenvalue weighted by Crippen LogP contribution is -2.07. The number of pyridine rings is 2. The summed E-state index contributed by atoms with van der Waals surface area (Å²) in [6.45, 7) is 0. The number of hydrogen-bond acceptors (Lipinski definition) is 4. The van der Waals surface area contributed by atoms with Gasteiger partial charge in [-0.25, -0.2) is 0 Å². The Morgan fingerprint density at radius 2 is 2.05 bits per heavy atom. The van der Waals surface area contributed by atoms with Crippen LogP contribution < -0.4 is 4.74 Å². The van der Waals surface area contributed by atoms with E-state index in [-0.39, 0.29) is 5.78 Å². The quantitative estimate of drug-likeness (QED) is 0.777. The first-order valence-electron chi connectivity index (χ1n) is 7.38. The second-order valence-electron chi connectivity index (χ2n) is 5.45. The Morgan fingerprint density at radius 1 is 1.19 bits per heavy atom. The topological polar surface area (TPSA) is 52.1 Å². The third kappa shape index (κ3) is 3.66. The second-order valence-corrected chi connectivity index (χ2v) is 5.45. The predicted octanol–water partition coefficient (Wildman–Crippen LogP) is 4.03. The van der Waals surface area contributed by atoms with E-state index in [1.165, 1.54) is 12.8 Å². The maximum absolute atomic E-state index is 12.3. The van der Waals surface area contributed by atoms with Crippen LogP contribution in [-0.4, -0.2) is 15.8 Å². The minimum absolute atomic E-state index is 0.110. The Labute approximate surface area is 124 Å². The van der Waals surface area contributed by atoms with E-state index in [1.807, 2.05) is 12.1 Å². The monoisotopic (exact) mass is 282 g/mol. The molecule has 0 aliphatic heterocycles. The van der Waals surface area contributed by atoms with Gasteiger partial charge in [-0.2, -0.15) is 0 Å². The Hall–Kier alpha value is -2.23. The van der Waals surface area contributed by atoms with Crippen LogP contribution in [0.25, 0.3) is 0 Å². The van der Waals surface area contributed by atoms with Crippen LogP contribution in [0.5, 0.6) is 11.5 Å². The zero-order valence-corrected chi connectivity index (χ0v) is 11.9. The number of carbonyl (C=O) groups excluding carboxylic acids is 1. The number of Topliss-reactive ketones (excluding diaryl/α,β-unsaturated/α-hetero) is 1. The van der Waals surface area contributed by atoms with Crippen molar-refractivity contribution in [2.24, 2.45) is 5.92 Å². The highest BCUT2D eigenvalue weighted by molar-refractivity contribution is 5.94. The van der Waals surface area contributed by atoms with Crippen molar-refractivity contribution in [3.05, 3.63) is 48.5 Å². The van der Waals surface area contributed by atoms with Crippen LogP contribution in [0, 0.1) is 5.92 Å². The number of rotatable bonds is 5. The fourth-order valence-electron chi connectivity index (χ4n) is 2.75. The number of carbonyl (C=O) groups is 1. The molecule has 4 heteroatoms. The molecule has 3 rings (SSSR count). The van der Waals surface area contributed by atoms with E-state index < -0.39 is 0 Å². The molecule has 1 aliphatic carbocycles. The van der Waals surface area contributed by atoms with Gasteiger partial charge in [-0.1, -0.05) is 25.7 Å². The minimum atomic E-state index is 0.110. The van der Waals surface area contributed by atoms with E-state index in [2.05, 4.69) is 9.97 Å². The highest BCUT2D eigenvalue weighted by atomic mass is 16.5. The summed E-state index contributed by atoms with van der Waals surface area (Å²) < 4.78 is 5.68. The lowest BCUT2D eigenvalue weighted by atomic mass is 9.99. The minimum Gasteiger partial charge on any atom is -0.456 e. The van der Waals surface area contributed by atoms with Gasteiger partial charge in [0.15, 0.2) is 5.78 Å². The van der Waals surface area contributed by atoms with Crippen molar-refractivity contribution in [3.8, 4) is 11.5 Å². The molecule has 21 heavy (non-hydrogen) atoms. The number of aromatic nitrogens is 2. The van der Waals surface area contributed by atoms with Crippen molar-refractivity contribution in [1.82, 2.24) is 9.97 Å². The fraction of sp³-hybridized carbons (Fsp3) is 0.353. The Balaban J connectivity index is 1.69. The van der Waals surface area contributed by atoms with Crippen LogP contribution in [0.1, 0.15) is 42.6 Å². The van der Waals surface area contributed by atoms with E-state index in [0.717, 1.165) is 12.8 Å². The van der Waals surface area contributed by atoms with Crippen LogP contribution in [-0.2, 0) is 0 Å². The van der Waals surface area contributed by atoms with Crippen LogP contribution in [0.3, 0.4) is 0 Å². The Kier molecular flexibility index (Phi) is 4.24. The Morgan fingerprint density at radius 3 is 2.81 bits per heavy atom. The largest absolute Gasteiger partial charge is 0.456 e. The number of nitrogens with zero attached hydrogens (tertiary/aromatic N) is 2. The maximum Gasteiger partial charge on any atom is 0.181 e. The summed E-state index contributed by atoms with van der Waals surface area (Å²) in [5.74, 6) is 1.91. The van der Waals surface area contributed by atoms with Crippen molar-refractivity contribution in [1.29, 1.82) is 0 Å². The van der Waals surface area contributed by atoms with Crippen LogP contribution in [0.15, 0.2) is 42.9 Å². The zero-order chi connectivity index (χ0) is 14.5. The molecule has 1 saturated carbocycles. The molecule has 0 amide bonds. The van der Waals surface area contributed by atoms with Gasteiger partial charge in [0.1, 0.15) is 17.2 Å². The molecule has 0 radical (unpaired) electrons. The first-order chi connectivity index (χ1) is 10.3. The first-order valence-corrected chi connectivity index (χ1v) is 7.38. The van der Waals surface area contributed by atoms with Gasteiger partial charge in [-0.3, -0.25) is 14.8 Å². The molecule has 4 nitrogen and oxygen atoms in total. The standard InChI is InChI=1S/C17H18N2O2/c20-17(10-13-4-1-2-5-13)16-11-14(7-9-19-16)21-15-6-3-8-18-12-15/h3,6-9,11-13H,1-2,4-5,10H2. The fourth-order valence-corrected chi connectivity index (χ4v) is 2.75. The number of ketones is 1. The van der Waals surface area contributed by atoms with E-state index in [4.69, 9.17) is 4.74 Å². The van der Waals surface area contributed by atoms with Gasteiger partial charge in [0.2, 0.25) is 0 Å². The molecular formula is C17H18N2O2. The van der Waals surface area contributed by atoms with Gasteiger partial charge in [-0.15, -0.1) is 0 Å². The third-order valence-electron chi connectivity index (χ3n) is 3.84. The van der Waals surface area contributed by atoms with Crippen LogP contribution in [0.4, 0.5) is 0 Å². The molecule has 2 heterocycles. The molecular weight excluding hydrogens is 264 g/mol. The maximum atomic E-state index is 12.3. The summed E-state index contributed by atoms with van der Waals surface area (Å²) in [6, 6.07) is 7.10. The van der Waals surface area contributed by atoms with Gasteiger partial charge in [-0.05, 0) is 24.1 Å². The van der Waals surface area contributed by atoms with Crippen LogP contribution >= 0.6 is 0 Å². The van der Waals surface area contributed by atoms with Gasteiger partial charge in [0.05, 0.1) is 6.20 Å². The van der Waals surface area contributed by atoms with Gasteiger partial charge >= 0.3 is 0 Å². The van der Waals surface area contributed by atoms with E-state index >= 15 is 0 Å². The molecule has 1 aliphatic rings. The van der Waals surface area contributed by atoms with Crippen molar-refractivity contribution in [2.75, 3.05) is 0 Å². The first kappa shape index (κ1) is 13.7. The van der Waals surface area contributed by atoms with E-state index in [9.17, 15) is 4.79 Å². The molecule has 108 valence electrons. The highest BCUT2D eigenvalue weighted by Crippen LogP contribution is 2.29. The van der Waals surface area contributed by atoms with Crippen molar-refractivity contribution in [3.63, 3.8) is 0 Å². The molecule has 0 N–H and O–H groups in total. The molecule has 0 bridgehead atoms. The molecule has 1 fully saturated rings. The molecule has 2 aromatic heterocycles. The van der Waals surface area contributed by atoms with Crippen molar-refractivity contribution in [2.45, 2.75) is 32.1 Å². The normalized spacial score (nSPS) is 15.0. The van der Waals surface area contributed by atoms with Gasteiger partial charge < -0.3 is 4.74 Å². The SMILES string of the molecule is O=C(CC1CCCC1)c1cc(Oc2cccnc2)ccn1. The summed E-state index contributed by atoms with van der Waals surface area (Å²) in [6.07, 6.45) is 10.4. The molecule has 0 unspecified atom stereocenters. The van der Waals surface area contributed by atoms with Crippen molar-refractivity contribution >= 4 is 5.78 Å². The molecule has 2 aromatic rings. The van der Waals surface area contributed by atoms with Gasteiger partial charge in [0.25, 0.3) is 0 Å². The Bertz CT molecular complexity index is 607. The molecule has 0 aromatic carbocycles. The highest BCUT2D eigenvalue weighted by Gasteiger charge is 2.20. The average molecular weight is 282 g/mol. The second kappa shape index (κ2) is 6.48. The molecule has 0 atom stereocenters. The molecule has 0 spiro atoms. The van der Waals surface area contributed by atoms with Crippen molar-refractivity contribution < 1.29 is 9.53 Å². The number of ether oxygens (including phenoxy) is 1. The third-order valence-corrected chi connectivity index (χ3v) is 3.84. The zero-order valence-electron chi connectivity index (χ0n) is 11.9. The smallest absolute Gasteiger partial charge is 0.181 e. The summed E-state index contributed by atoms with van der Waals surface area (Å²) in [7, 11) is 0. The number of hydrogen-bond donors (Lipinski definition) is 0. The lowest BCUT2D eigenvalue weighted by Gasteiger charge is -2.09. The van der Waals surface area contributed by atoms with E-state index in [0.29, 0.717) is 29.5 Å².